The third-order valence-corrected chi connectivity index (χ3v) is 8.36. The monoisotopic (exact) mass is 652 g/mol. The number of amides is 5. The number of likely N-dealkylation sites (tertiary alicyclic amines) is 2. The van der Waals surface area contributed by atoms with Gasteiger partial charge in [0.15, 0.2) is 0 Å². The van der Waals surface area contributed by atoms with Gasteiger partial charge in [0, 0.05) is 31.8 Å². The van der Waals surface area contributed by atoms with Crippen molar-refractivity contribution < 1.29 is 54.6 Å². The molecule has 0 bridgehead atoms. The highest BCUT2D eigenvalue weighted by molar-refractivity contribution is 5.97. The molecule has 1 aromatic carbocycles. The molecule has 2 heterocycles. The number of primary amides is 1. The van der Waals surface area contributed by atoms with Gasteiger partial charge < -0.3 is 62.5 Å². The van der Waals surface area contributed by atoms with Gasteiger partial charge in [0.1, 0.15) is 36.0 Å². The summed E-state index contributed by atoms with van der Waals surface area (Å²) in [7, 11) is 0. The number of benzene rings is 1. The Morgan fingerprint density at radius 2 is 1.52 bits per heavy atom. The summed E-state index contributed by atoms with van der Waals surface area (Å²) in [6.45, 7) is 3.65. The van der Waals surface area contributed by atoms with E-state index >= 15 is 0 Å². The summed E-state index contributed by atoms with van der Waals surface area (Å²) in [6.07, 6.45) is -7.41. The van der Waals surface area contributed by atoms with Crippen LogP contribution in [0.5, 0.6) is 5.75 Å². The van der Waals surface area contributed by atoms with Gasteiger partial charge in [-0.15, -0.1) is 0 Å². The van der Waals surface area contributed by atoms with Crippen molar-refractivity contribution in [2.75, 3.05) is 13.1 Å². The lowest BCUT2D eigenvalue weighted by Gasteiger charge is -2.32. The minimum absolute atomic E-state index is 0.0605. The summed E-state index contributed by atoms with van der Waals surface area (Å²) in [5.74, 6) is -5.48. The van der Waals surface area contributed by atoms with Gasteiger partial charge in [-0.2, -0.15) is 0 Å². The molecule has 0 radical (unpaired) electrons. The molecule has 1 aromatic rings. The maximum atomic E-state index is 13.7. The Kier molecular flexibility index (Phi) is 12.0. The summed E-state index contributed by atoms with van der Waals surface area (Å²) < 4.78 is 0. The number of rotatable bonds is 12. The van der Waals surface area contributed by atoms with Gasteiger partial charge >= 0.3 is 0 Å². The second-order valence-corrected chi connectivity index (χ2v) is 12.1. The van der Waals surface area contributed by atoms with Gasteiger partial charge in [-0.25, -0.2) is 0 Å². The van der Waals surface area contributed by atoms with Crippen LogP contribution >= 0.6 is 0 Å². The molecule has 0 spiro atoms. The zero-order valence-corrected chi connectivity index (χ0v) is 25.8. The van der Waals surface area contributed by atoms with E-state index in [1.807, 2.05) is 0 Å². The number of carbonyl (C=O) groups excluding carboxylic acids is 5. The molecule has 256 valence electrons. The molecule has 3 rings (SSSR count). The van der Waals surface area contributed by atoms with Crippen LogP contribution in [0.1, 0.15) is 32.8 Å². The van der Waals surface area contributed by atoms with Crippen molar-refractivity contribution >= 4 is 29.5 Å². The van der Waals surface area contributed by atoms with E-state index in [2.05, 4.69) is 10.6 Å². The van der Waals surface area contributed by atoms with Crippen molar-refractivity contribution in [2.45, 2.75) is 94.3 Å². The average Bonchev–Trinajstić information content (AvgIpc) is 3.52. The molecule has 17 heteroatoms. The standard InChI is InChI=1S/C29H44N6O11/c1-12-10-35(23(24(12)41)25(31)42)29(46)21(14(3)37)32-27(44)22(19(40)8-15-4-6-16(38)7-5-15)33-26(43)18-9-17(39)11-34(18)28(45)20(30)13(2)36/h4-7,12-14,17-24,36-41H,8-11,30H2,1-3H3,(H2,31,42)(H,32,44)(H,33,43). The maximum Gasteiger partial charge on any atom is 0.248 e. The Bertz CT molecular complexity index is 1280. The molecule has 2 aliphatic rings. The van der Waals surface area contributed by atoms with E-state index in [0.29, 0.717) is 5.56 Å². The smallest absolute Gasteiger partial charge is 0.248 e. The van der Waals surface area contributed by atoms with Gasteiger partial charge in [-0.1, -0.05) is 19.1 Å². The number of phenols is 1. The number of nitrogens with one attached hydrogen (secondary N) is 2. The highest BCUT2D eigenvalue weighted by Crippen LogP contribution is 2.25. The van der Waals surface area contributed by atoms with Gasteiger partial charge in [0.25, 0.3) is 0 Å². The van der Waals surface area contributed by atoms with Crippen molar-refractivity contribution in [2.24, 2.45) is 17.4 Å². The number of aliphatic hydroxyl groups is 5. The molecule has 5 amide bonds. The van der Waals surface area contributed by atoms with Crippen molar-refractivity contribution in [3.8, 4) is 5.75 Å². The first kappa shape index (κ1) is 36.6. The predicted molar refractivity (Wildman–Crippen MR) is 159 cm³/mol. The van der Waals surface area contributed by atoms with E-state index in [9.17, 15) is 54.6 Å². The predicted octanol–water partition coefficient (Wildman–Crippen LogP) is -4.99. The van der Waals surface area contributed by atoms with Crippen LogP contribution in [0.4, 0.5) is 0 Å². The molecule has 17 nitrogen and oxygen atoms in total. The van der Waals surface area contributed by atoms with Gasteiger partial charge in [-0.05, 0) is 31.5 Å². The Hall–Kier alpha value is -3.87. The van der Waals surface area contributed by atoms with Crippen LogP contribution in [0.2, 0.25) is 0 Å². The lowest BCUT2D eigenvalue weighted by Crippen LogP contribution is -2.63. The zero-order chi connectivity index (χ0) is 34.6. The molecule has 0 saturated carbocycles. The Balaban J connectivity index is 1.90. The third-order valence-electron chi connectivity index (χ3n) is 8.36. The molecule has 0 aromatic heterocycles. The van der Waals surface area contributed by atoms with Crippen LogP contribution in [0.15, 0.2) is 24.3 Å². The van der Waals surface area contributed by atoms with Crippen LogP contribution < -0.4 is 22.1 Å². The Morgan fingerprint density at radius 1 is 0.913 bits per heavy atom. The van der Waals surface area contributed by atoms with Crippen molar-refractivity contribution in [3.05, 3.63) is 29.8 Å². The molecule has 46 heavy (non-hydrogen) atoms. The van der Waals surface area contributed by atoms with Crippen LogP contribution in [0.3, 0.4) is 0 Å². The maximum absolute atomic E-state index is 13.7. The second-order valence-electron chi connectivity index (χ2n) is 12.1. The van der Waals surface area contributed by atoms with E-state index in [4.69, 9.17) is 11.5 Å². The van der Waals surface area contributed by atoms with Gasteiger partial charge in [-0.3, -0.25) is 24.0 Å². The average molecular weight is 653 g/mol. The topological polar surface area (TPSA) is 289 Å². The number of β-amino-alcohol motifs (C(OH)–C–C–N with tert-alkyl or cyclic N) is 1. The van der Waals surface area contributed by atoms with Crippen LogP contribution in [-0.4, -0.2) is 144 Å². The number of nitrogens with zero attached hydrogens (tertiary/aromatic N) is 2. The third kappa shape index (κ3) is 8.28. The summed E-state index contributed by atoms with van der Waals surface area (Å²) in [4.78, 5) is 67.6. The lowest BCUT2D eigenvalue weighted by molar-refractivity contribution is -0.146. The molecule has 2 fully saturated rings. The molecular formula is C29H44N6O11. The van der Waals surface area contributed by atoms with E-state index < -0.39 is 96.2 Å². The van der Waals surface area contributed by atoms with Crippen LogP contribution in [0, 0.1) is 5.92 Å². The largest absolute Gasteiger partial charge is 0.508 e. The van der Waals surface area contributed by atoms with Crippen molar-refractivity contribution in [1.29, 1.82) is 0 Å². The molecule has 2 saturated heterocycles. The van der Waals surface area contributed by atoms with E-state index in [0.717, 1.165) is 9.80 Å². The molecule has 2 aliphatic heterocycles. The number of carbonyl (C=O) groups is 5. The first-order valence-corrected chi connectivity index (χ1v) is 14.9. The SMILES string of the molecule is CC(O)C(N)C(=O)N1CC(O)CC1C(=O)NC(C(=O)NC(C(=O)N1CC(C)C(O)C1C(N)=O)C(C)O)C(O)Cc1ccc(O)cc1. The molecule has 12 N–H and O–H groups in total. The van der Waals surface area contributed by atoms with Crippen LogP contribution in [-0.2, 0) is 30.4 Å². The lowest BCUT2D eigenvalue weighted by atomic mass is 9.99. The normalized spacial score (nSPS) is 26.8. The number of aliphatic hydroxyl groups excluding tert-OH is 5. The fourth-order valence-electron chi connectivity index (χ4n) is 5.67. The number of nitrogens with two attached hydrogens (primary N) is 2. The Morgan fingerprint density at radius 3 is 2.07 bits per heavy atom. The summed E-state index contributed by atoms with van der Waals surface area (Å²) in [6, 6.07) is -2.08. The summed E-state index contributed by atoms with van der Waals surface area (Å²) in [5, 5.41) is 66.4. The minimum Gasteiger partial charge on any atom is -0.508 e. The van der Waals surface area contributed by atoms with Crippen molar-refractivity contribution in [3.63, 3.8) is 0 Å². The summed E-state index contributed by atoms with van der Waals surface area (Å²) in [5.41, 5.74) is 11.6. The molecule has 11 unspecified atom stereocenters. The summed E-state index contributed by atoms with van der Waals surface area (Å²) >= 11 is 0. The van der Waals surface area contributed by atoms with Gasteiger partial charge in [0.05, 0.1) is 30.5 Å². The number of aromatic hydroxyl groups is 1. The first-order valence-electron chi connectivity index (χ1n) is 14.9. The second kappa shape index (κ2) is 15.1. The zero-order valence-electron chi connectivity index (χ0n) is 25.8. The first-order chi connectivity index (χ1) is 21.4. The van der Waals surface area contributed by atoms with Crippen molar-refractivity contribution in [1.82, 2.24) is 20.4 Å². The van der Waals surface area contributed by atoms with E-state index in [1.165, 1.54) is 38.1 Å². The van der Waals surface area contributed by atoms with E-state index in [1.54, 1.807) is 6.92 Å². The number of hydrogen-bond acceptors (Lipinski definition) is 12. The fraction of sp³-hybridized carbons (Fsp3) is 0.621. The number of phenolic OH excluding ortho intramolecular Hbond substituents is 1. The molecule has 11 atom stereocenters. The van der Waals surface area contributed by atoms with E-state index in [-0.39, 0.29) is 31.7 Å². The fourth-order valence-corrected chi connectivity index (χ4v) is 5.67. The minimum atomic E-state index is -1.80. The number of hydrogen-bond donors (Lipinski definition) is 10. The Labute approximate surface area is 265 Å². The highest BCUT2D eigenvalue weighted by atomic mass is 16.3. The quantitative estimate of drug-likeness (QED) is 0.102. The molecule has 0 aliphatic carbocycles. The highest BCUT2D eigenvalue weighted by Gasteiger charge is 2.48. The molecular weight excluding hydrogens is 608 g/mol. The van der Waals surface area contributed by atoms with Crippen LogP contribution in [0.25, 0.3) is 0 Å². The van der Waals surface area contributed by atoms with Gasteiger partial charge in [0.2, 0.25) is 29.5 Å².